The first-order valence-electron chi connectivity index (χ1n) is 8.43. The van der Waals surface area contributed by atoms with Crippen molar-refractivity contribution in [1.29, 1.82) is 0 Å². The van der Waals surface area contributed by atoms with Crippen molar-refractivity contribution in [3.05, 3.63) is 65.4 Å². The Bertz CT molecular complexity index is 1010. The van der Waals surface area contributed by atoms with Gasteiger partial charge < -0.3 is 9.47 Å². The third-order valence-corrected chi connectivity index (χ3v) is 5.11. The van der Waals surface area contributed by atoms with Gasteiger partial charge in [-0.25, -0.2) is 9.97 Å². The molecule has 0 saturated heterocycles. The van der Waals surface area contributed by atoms with Crippen molar-refractivity contribution in [1.82, 2.24) is 9.97 Å². The summed E-state index contributed by atoms with van der Waals surface area (Å²) in [5.74, 6) is 2.53. The van der Waals surface area contributed by atoms with E-state index in [0.717, 1.165) is 39.9 Å². The van der Waals surface area contributed by atoms with Crippen LogP contribution in [0.3, 0.4) is 0 Å². The van der Waals surface area contributed by atoms with Gasteiger partial charge in [0.15, 0.2) is 17.3 Å². The van der Waals surface area contributed by atoms with Crippen LogP contribution in [-0.2, 0) is 11.9 Å². The number of aryl methyl sites for hydroxylation is 1. The molecule has 0 bridgehead atoms. The van der Waals surface area contributed by atoms with Gasteiger partial charge in [0.1, 0.15) is 5.03 Å². The van der Waals surface area contributed by atoms with Crippen molar-refractivity contribution in [3.63, 3.8) is 0 Å². The Morgan fingerprint density at radius 1 is 0.964 bits per heavy atom. The number of alkyl halides is 3. The van der Waals surface area contributed by atoms with Gasteiger partial charge in [-0.1, -0.05) is 18.2 Å². The first-order chi connectivity index (χ1) is 13.4. The van der Waals surface area contributed by atoms with Crippen molar-refractivity contribution >= 4 is 11.8 Å². The number of benzene rings is 2. The number of hydrogen-bond donors (Lipinski definition) is 0. The molecule has 144 valence electrons. The molecule has 0 spiro atoms. The normalized spacial score (nSPS) is 13.0. The largest absolute Gasteiger partial charge is 0.454 e. The summed E-state index contributed by atoms with van der Waals surface area (Å²) in [5.41, 5.74) is 1.66. The smallest absolute Gasteiger partial charge is 0.416 e. The second-order valence-electron chi connectivity index (χ2n) is 6.22. The van der Waals surface area contributed by atoms with Crippen molar-refractivity contribution < 1.29 is 22.6 Å². The molecule has 0 amide bonds. The Kier molecular flexibility index (Phi) is 4.89. The summed E-state index contributed by atoms with van der Waals surface area (Å²) in [6, 6.07) is 12.5. The van der Waals surface area contributed by atoms with Gasteiger partial charge in [-0.15, -0.1) is 11.8 Å². The Labute approximate surface area is 163 Å². The SMILES string of the molecule is Cc1cc(SCc2ccc3c(c2)OCO3)nc(-c2ccc(C(F)(F)F)cc2)n1. The highest BCUT2D eigenvalue weighted by atomic mass is 32.2. The molecule has 8 heteroatoms. The van der Waals surface area contributed by atoms with Crippen LogP contribution in [0.15, 0.2) is 53.6 Å². The van der Waals surface area contributed by atoms with Crippen molar-refractivity contribution in [3.8, 4) is 22.9 Å². The summed E-state index contributed by atoms with van der Waals surface area (Å²) < 4.78 is 48.9. The Hall–Kier alpha value is -2.74. The Balaban J connectivity index is 1.52. The maximum Gasteiger partial charge on any atom is 0.416 e. The monoisotopic (exact) mass is 404 g/mol. The second kappa shape index (κ2) is 7.35. The number of ether oxygens (including phenoxy) is 2. The van der Waals surface area contributed by atoms with E-state index in [-0.39, 0.29) is 6.79 Å². The van der Waals surface area contributed by atoms with E-state index in [2.05, 4.69) is 9.97 Å². The lowest BCUT2D eigenvalue weighted by Crippen LogP contribution is -2.04. The van der Waals surface area contributed by atoms with Crippen LogP contribution in [-0.4, -0.2) is 16.8 Å². The molecular formula is C20H15F3N2O2S. The Morgan fingerprint density at radius 3 is 2.46 bits per heavy atom. The zero-order valence-electron chi connectivity index (χ0n) is 14.8. The lowest BCUT2D eigenvalue weighted by Gasteiger charge is -2.09. The lowest BCUT2D eigenvalue weighted by atomic mass is 10.1. The lowest BCUT2D eigenvalue weighted by molar-refractivity contribution is -0.137. The highest BCUT2D eigenvalue weighted by Crippen LogP contribution is 2.35. The van der Waals surface area contributed by atoms with E-state index in [9.17, 15) is 13.2 Å². The number of halogens is 3. The van der Waals surface area contributed by atoms with Crippen LogP contribution in [0.2, 0.25) is 0 Å². The average Bonchev–Trinajstić information content (AvgIpc) is 3.13. The highest BCUT2D eigenvalue weighted by Gasteiger charge is 2.30. The summed E-state index contributed by atoms with van der Waals surface area (Å²) in [6.45, 7) is 2.06. The van der Waals surface area contributed by atoms with Gasteiger partial charge in [-0.3, -0.25) is 0 Å². The molecule has 4 rings (SSSR count). The predicted molar refractivity (Wildman–Crippen MR) is 99.3 cm³/mol. The number of hydrogen-bond acceptors (Lipinski definition) is 5. The molecule has 1 aliphatic rings. The molecule has 0 radical (unpaired) electrons. The van der Waals surface area contributed by atoms with Crippen LogP contribution in [0.25, 0.3) is 11.4 Å². The topological polar surface area (TPSA) is 44.2 Å². The quantitative estimate of drug-likeness (QED) is 0.425. The summed E-state index contributed by atoms with van der Waals surface area (Å²) in [4.78, 5) is 8.85. The molecule has 0 unspecified atom stereocenters. The predicted octanol–water partition coefficient (Wildman–Crippen LogP) is 5.49. The molecule has 0 N–H and O–H groups in total. The minimum Gasteiger partial charge on any atom is -0.454 e. The molecule has 0 saturated carbocycles. The second-order valence-corrected chi connectivity index (χ2v) is 7.22. The molecule has 2 aromatic carbocycles. The molecular weight excluding hydrogens is 389 g/mol. The van der Waals surface area contributed by atoms with Crippen LogP contribution >= 0.6 is 11.8 Å². The standard InChI is InChI=1S/C20H15F3N2O2S/c1-12-8-18(28-10-13-2-7-16-17(9-13)27-11-26-16)25-19(24-12)14-3-5-15(6-4-14)20(21,22)23/h2-9H,10-11H2,1H3. The molecule has 3 aromatic rings. The number of thioether (sulfide) groups is 1. The van der Waals surface area contributed by atoms with E-state index in [1.165, 1.54) is 23.9 Å². The number of fused-ring (bicyclic) bond motifs is 1. The summed E-state index contributed by atoms with van der Waals surface area (Å²) in [7, 11) is 0. The summed E-state index contributed by atoms with van der Waals surface area (Å²) >= 11 is 1.52. The number of nitrogens with zero attached hydrogens (tertiary/aromatic N) is 2. The zero-order valence-corrected chi connectivity index (χ0v) is 15.6. The van der Waals surface area contributed by atoms with Gasteiger partial charge in [0.05, 0.1) is 5.56 Å². The van der Waals surface area contributed by atoms with Gasteiger partial charge in [-0.2, -0.15) is 13.2 Å². The molecule has 0 atom stereocenters. The fraction of sp³-hybridized carbons (Fsp3) is 0.200. The fourth-order valence-electron chi connectivity index (χ4n) is 2.74. The molecule has 4 nitrogen and oxygen atoms in total. The van der Waals surface area contributed by atoms with E-state index < -0.39 is 11.7 Å². The molecule has 28 heavy (non-hydrogen) atoms. The van der Waals surface area contributed by atoms with E-state index in [4.69, 9.17) is 9.47 Å². The first-order valence-corrected chi connectivity index (χ1v) is 9.42. The minimum atomic E-state index is -4.36. The van der Waals surface area contributed by atoms with Gasteiger partial charge >= 0.3 is 6.18 Å². The molecule has 2 heterocycles. The molecule has 0 aliphatic carbocycles. The average molecular weight is 404 g/mol. The van der Waals surface area contributed by atoms with Gasteiger partial charge in [-0.05, 0) is 42.8 Å². The Morgan fingerprint density at radius 2 is 1.71 bits per heavy atom. The van der Waals surface area contributed by atoms with Gasteiger partial charge in [0.25, 0.3) is 0 Å². The van der Waals surface area contributed by atoms with Gasteiger partial charge in [0, 0.05) is 17.0 Å². The maximum absolute atomic E-state index is 12.7. The molecule has 0 fully saturated rings. The van der Waals surface area contributed by atoms with E-state index in [0.29, 0.717) is 17.1 Å². The number of rotatable bonds is 4. The maximum atomic E-state index is 12.7. The van der Waals surface area contributed by atoms with Crippen LogP contribution in [0.5, 0.6) is 11.5 Å². The van der Waals surface area contributed by atoms with Crippen LogP contribution in [0.4, 0.5) is 13.2 Å². The van der Waals surface area contributed by atoms with Crippen molar-refractivity contribution in [2.45, 2.75) is 23.9 Å². The zero-order chi connectivity index (χ0) is 19.7. The van der Waals surface area contributed by atoms with Gasteiger partial charge in [0.2, 0.25) is 6.79 Å². The van der Waals surface area contributed by atoms with Crippen molar-refractivity contribution in [2.24, 2.45) is 0 Å². The summed E-state index contributed by atoms with van der Waals surface area (Å²) in [5, 5.41) is 0.750. The van der Waals surface area contributed by atoms with Crippen LogP contribution in [0, 0.1) is 6.92 Å². The van der Waals surface area contributed by atoms with Crippen LogP contribution < -0.4 is 9.47 Å². The number of aromatic nitrogens is 2. The molecule has 1 aromatic heterocycles. The first kappa shape index (κ1) is 18.6. The van der Waals surface area contributed by atoms with Crippen LogP contribution in [0.1, 0.15) is 16.8 Å². The molecule has 1 aliphatic heterocycles. The third kappa shape index (κ3) is 4.06. The van der Waals surface area contributed by atoms with E-state index >= 15 is 0 Å². The third-order valence-electron chi connectivity index (χ3n) is 4.12. The highest BCUT2D eigenvalue weighted by molar-refractivity contribution is 7.98. The van der Waals surface area contributed by atoms with Crippen molar-refractivity contribution in [2.75, 3.05) is 6.79 Å². The van der Waals surface area contributed by atoms with E-state index in [1.807, 2.05) is 31.2 Å². The van der Waals surface area contributed by atoms with E-state index in [1.54, 1.807) is 0 Å². The fourth-order valence-corrected chi connectivity index (χ4v) is 3.64. The summed E-state index contributed by atoms with van der Waals surface area (Å²) in [6.07, 6.45) is -4.36. The minimum absolute atomic E-state index is 0.230.